The van der Waals surface area contributed by atoms with Crippen LogP contribution in [0.15, 0.2) is 24.8 Å². The van der Waals surface area contributed by atoms with Crippen molar-refractivity contribution >= 4 is 11.6 Å². The zero-order valence-corrected chi connectivity index (χ0v) is 13.9. The van der Waals surface area contributed by atoms with Crippen LogP contribution in [0.3, 0.4) is 0 Å². The molecule has 0 aromatic carbocycles. The van der Waals surface area contributed by atoms with Gasteiger partial charge in [0, 0.05) is 68.1 Å². The van der Waals surface area contributed by atoms with Crippen LogP contribution in [0.4, 0.5) is 11.6 Å². The van der Waals surface area contributed by atoms with Crippen molar-refractivity contribution in [1.82, 2.24) is 19.9 Å². The van der Waals surface area contributed by atoms with Gasteiger partial charge in [0.05, 0.1) is 0 Å². The van der Waals surface area contributed by atoms with Gasteiger partial charge in [-0.05, 0) is 12.8 Å². The summed E-state index contributed by atoms with van der Waals surface area (Å²) in [5.41, 5.74) is 1.62. The number of hydrogen-bond acceptors (Lipinski definition) is 7. The SMILES string of the molecule is N#Cc1nccnc1N1CC2CN(c3cc(C4CC4)ncn3)CC2C1. The minimum absolute atomic E-state index is 0.421. The Labute approximate surface area is 146 Å². The molecule has 1 aliphatic carbocycles. The van der Waals surface area contributed by atoms with Gasteiger partial charge in [-0.3, -0.25) is 0 Å². The molecule has 4 heterocycles. The quantitative estimate of drug-likeness (QED) is 0.843. The average Bonchev–Trinajstić information content (AvgIpc) is 3.32. The molecule has 2 saturated heterocycles. The molecule has 25 heavy (non-hydrogen) atoms. The molecule has 2 atom stereocenters. The van der Waals surface area contributed by atoms with Gasteiger partial charge in [0.25, 0.3) is 0 Å². The fraction of sp³-hybridized carbons (Fsp3) is 0.500. The summed E-state index contributed by atoms with van der Waals surface area (Å²) in [6, 6.07) is 4.33. The zero-order chi connectivity index (χ0) is 16.8. The molecule has 2 aromatic rings. The van der Waals surface area contributed by atoms with Crippen molar-refractivity contribution in [3.63, 3.8) is 0 Å². The maximum atomic E-state index is 9.25. The molecule has 1 saturated carbocycles. The Hall–Kier alpha value is -2.75. The largest absolute Gasteiger partial charge is 0.356 e. The number of aromatic nitrogens is 4. The normalized spacial score (nSPS) is 25.1. The van der Waals surface area contributed by atoms with Crippen molar-refractivity contribution in [3.05, 3.63) is 36.2 Å². The minimum atomic E-state index is 0.421. The maximum Gasteiger partial charge on any atom is 0.183 e. The first kappa shape index (κ1) is 14.6. The van der Waals surface area contributed by atoms with Crippen molar-refractivity contribution in [3.8, 4) is 6.07 Å². The molecule has 0 bridgehead atoms. The molecular formula is C18H19N7. The molecule has 2 unspecified atom stereocenters. The van der Waals surface area contributed by atoms with E-state index in [1.54, 1.807) is 18.7 Å². The van der Waals surface area contributed by atoms with Crippen LogP contribution in [0.25, 0.3) is 0 Å². The third-order valence-electron chi connectivity index (χ3n) is 5.56. The molecule has 5 rings (SSSR count). The predicted molar refractivity (Wildman–Crippen MR) is 92.2 cm³/mol. The van der Waals surface area contributed by atoms with Gasteiger partial charge in [-0.15, -0.1) is 0 Å². The summed E-state index contributed by atoms with van der Waals surface area (Å²) in [5.74, 6) is 3.60. The summed E-state index contributed by atoms with van der Waals surface area (Å²) in [6.45, 7) is 3.86. The first-order valence-corrected chi connectivity index (χ1v) is 8.85. The Bertz CT molecular complexity index is 827. The van der Waals surface area contributed by atoms with Crippen molar-refractivity contribution in [2.75, 3.05) is 36.0 Å². The summed E-state index contributed by atoms with van der Waals surface area (Å²) < 4.78 is 0. The van der Waals surface area contributed by atoms with E-state index in [2.05, 4.69) is 41.9 Å². The van der Waals surface area contributed by atoms with E-state index >= 15 is 0 Å². The zero-order valence-electron chi connectivity index (χ0n) is 13.9. The van der Waals surface area contributed by atoms with Gasteiger partial charge in [-0.25, -0.2) is 19.9 Å². The van der Waals surface area contributed by atoms with Crippen LogP contribution in [0.5, 0.6) is 0 Å². The van der Waals surface area contributed by atoms with Gasteiger partial charge < -0.3 is 9.80 Å². The van der Waals surface area contributed by atoms with E-state index in [0.717, 1.165) is 37.8 Å². The van der Waals surface area contributed by atoms with Gasteiger partial charge in [0.15, 0.2) is 11.5 Å². The molecule has 0 amide bonds. The second kappa shape index (κ2) is 5.66. The Morgan fingerprint density at radius 2 is 1.64 bits per heavy atom. The topological polar surface area (TPSA) is 81.8 Å². The molecule has 0 N–H and O–H groups in total. The minimum Gasteiger partial charge on any atom is -0.356 e. The van der Waals surface area contributed by atoms with E-state index < -0.39 is 0 Å². The number of fused-ring (bicyclic) bond motifs is 1. The van der Waals surface area contributed by atoms with Gasteiger partial charge >= 0.3 is 0 Å². The molecule has 3 fully saturated rings. The van der Waals surface area contributed by atoms with E-state index in [1.807, 2.05) is 0 Å². The molecule has 3 aliphatic rings. The third-order valence-corrected chi connectivity index (χ3v) is 5.56. The summed E-state index contributed by atoms with van der Waals surface area (Å²) in [7, 11) is 0. The van der Waals surface area contributed by atoms with Gasteiger partial charge in [0.2, 0.25) is 0 Å². The lowest BCUT2D eigenvalue weighted by molar-refractivity contribution is 0.533. The van der Waals surface area contributed by atoms with Crippen molar-refractivity contribution in [2.24, 2.45) is 11.8 Å². The van der Waals surface area contributed by atoms with E-state index in [4.69, 9.17) is 0 Å². The lowest BCUT2D eigenvalue weighted by Crippen LogP contribution is -2.30. The molecule has 7 nitrogen and oxygen atoms in total. The van der Waals surface area contributed by atoms with Crippen molar-refractivity contribution < 1.29 is 0 Å². The highest BCUT2D eigenvalue weighted by Crippen LogP contribution is 2.40. The predicted octanol–water partition coefficient (Wildman–Crippen LogP) is 1.59. The second-order valence-corrected chi connectivity index (χ2v) is 7.25. The Kier molecular flexibility index (Phi) is 3.30. The number of nitriles is 1. The van der Waals surface area contributed by atoms with Crippen molar-refractivity contribution in [1.29, 1.82) is 5.26 Å². The average molecular weight is 333 g/mol. The molecule has 126 valence electrons. The molecule has 0 spiro atoms. The molecule has 0 radical (unpaired) electrons. The number of anilines is 2. The van der Waals surface area contributed by atoms with Crippen LogP contribution in [0.2, 0.25) is 0 Å². The molecular weight excluding hydrogens is 314 g/mol. The maximum absolute atomic E-state index is 9.25. The number of rotatable bonds is 3. The fourth-order valence-corrected chi connectivity index (χ4v) is 4.13. The van der Waals surface area contributed by atoms with Crippen molar-refractivity contribution in [2.45, 2.75) is 18.8 Å². The summed E-state index contributed by atoms with van der Waals surface area (Å²) in [4.78, 5) is 22.0. The second-order valence-electron chi connectivity index (χ2n) is 7.25. The summed E-state index contributed by atoms with van der Waals surface area (Å²) in [6.07, 6.45) is 7.47. The van der Waals surface area contributed by atoms with Gasteiger partial charge in [-0.2, -0.15) is 5.26 Å². The lowest BCUT2D eigenvalue weighted by Gasteiger charge is -2.23. The molecule has 7 heteroatoms. The Balaban J connectivity index is 1.31. The summed E-state index contributed by atoms with van der Waals surface area (Å²) >= 11 is 0. The first-order valence-electron chi connectivity index (χ1n) is 8.85. The first-order chi connectivity index (χ1) is 12.3. The fourth-order valence-electron chi connectivity index (χ4n) is 4.13. The molecule has 2 aromatic heterocycles. The standard InChI is InChI=1S/C18H19N7/c19-6-16-18(21-4-3-20-16)25-9-13-7-24(8-14(13)10-25)17-5-15(12-1-2-12)22-11-23-17/h3-5,11-14H,1-2,7-10H2. The van der Waals surface area contributed by atoms with Crippen LogP contribution in [0, 0.1) is 23.2 Å². The Morgan fingerprint density at radius 1 is 0.920 bits per heavy atom. The van der Waals surface area contributed by atoms with E-state index in [9.17, 15) is 5.26 Å². The summed E-state index contributed by atoms with van der Waals surface area (Å²) in [5, 5.41) is 9.25. The molecule has 2 aliphatic heterocycles. The van der Waals surface area contributed by atoms with Crippen LogP contribution in [-0.4, -0.2) is 46.1 Å². The smallest absolute Gasteiger partial charge is 0.183 e. The highest BCUT2D eigenvalue weighted by atomic mass is 15.3. The van der Waals surface area contributed by atoms with Gasteiger partial charge in [-0.1, -0.05) is 0 Å². The monoisotopic (exact) mass is 333 g/mol. The lowest BCUT2D eigenvalue weighted by atomic mass is 10.0. The number of hydrogen-bond donors (Lipinski definition) is 0. The van der Waals surface area contributed by atoms with E-state index in [1.165, 1.54) is 18.5 Å². The van der Waals surface area contributed by atoms with Crippen LogP contribution >= 0.6 is 0 Å². The van der Waals surface area contributed by atoms with E-state index in [-0.39, 0.29) is 0 Å². The third kappa shape index (κ3) is 2.58. The number of nitrogens with zero attached hydrogens (tertiary/aromatic N) is 7. The highest BCUT2D eigenvalue weighted by molar-refractivity contribution is 5.51. The van der Waals surface area contributed by atoms with Crippen LogP contribution in [0.1, 0.15) is 30.1 Å². The Morgan fingerprint density at radius 3 is 2.36 bits per heavy atom. The highest BCUT2D eigenvalue weighted by Gasteiger charge is 2.41. The van der Waals surface area contributed by atoms with E-state index in [0.29, 0.717) is 23.4 Å². The van der Waals surface area contributed by atoms with Gasteiger partial charge in [0.1, 0.15) is 18.2 Å². The van der Waals surface area contributed by atoms with Crippen LogP contribution < -0.4 is 9.80 Å². The van der Waals surface area contributed by atoms with Crippen LogP contribution in [-0.2, 0) is 0 Å².